The van der Waals surface area contributed by atoms with Crippen LogP contribution in [-0.2, 0) is 10.5 Å². The lowest BCUT2D eigenvalue weighted by atomic mass is 10.2. The van der Waals surface area contributed by atoms with Gasteiger partial charge < -0.3 is 10.1 Å². The minimum atomic E-state index is -0.443. The number of nitrogens with one attached hydrogen (secondary N) is 1. The van der Waals surface area contributed by atoms with Crippen molar-refractivity contribution in [2.75, 3.05) is 5.75 Å². The van der Waals surface area contributed by atoms with Gasteiger partial charge in [0.05, 0.1) is 0 Å². The van der Waals surface area contributed by atoms with E-state index in [1.807, 2.05) is 45.9 Å². The van der Waals surface area contributed by atoms with Crippen molar-refractivity contribution in [2.24, 2.45) is 0 Å². The molecular weight excluding hydrogens is 258 g/mol. The Balaban J connectivity index is 2.21. The number of benzene rings is 1. The Labute approximate surface area is 120 Å². The van der Waals surface area contributed by atoms with E-state index in [-0.39, 0.29) is 12.1 Å². The van der Waals surface area contributed by atoms with Gasteiger partial charge >= 0.3 is 6.09 Å². The summed E-state index contributed by atoms with van der Waals surface area (Å²) < 4.78 is 5.21. The Morgan fingerprint density at radius 1 is 1.32 bits per heavy atom. The smallest absolute Gasteiger partial charge is 0.407 e. The standard InChI is InChI=1S/C15H23NO2S/c1-12(16-14(17)18-15(2,3)4)10-19-11-13-8-6-5-7-9-13/h5-9,12H,10-11H2,1-4H3,(H,16,17). The van der Waals surface area contributed by atoms with Gasteiger partial charge in [-0.25, -0.2) is 4.79 Å². The predicted octanol–water partition coefficient (Wildman–Crippen LogP) is 3.83. The highest BCUT2D eigenvalue weighted by molar-refractivity contribution is 7.98. The van der Waals surface area contributed by atoms with Crippen molar-refractivity contribution in [1.82, 2.24) is 5.32 Å². The number of amides is 1. The molecule has 3 nitrogen and oxygen atoms in total. The second-order valence-corrected chi connectivity index (χ2v) is 6.58. The molecule has 1 unspecified atom stereocenters. The summed E-state index contributed by atoms with van der Waals surface area (Å²) in [5, 5.41) is 2.84. The van der Waals surface area contributed by atoms with Crippen LogP contribution in [-0.4, -0.2) is 23.5 Å². The first-order chi connectivity index (χ1) is 8.87. The van der Waals surface area contributed by atoms with Crippen LogP contribution in [0.3, 0.4) is 0 Å². The van der Waals surface area contributed by atoms with E-state index in [1.165, 1.54) is 5.56 Å². The van der Waals surface area contributed by atoms with Crippen molar-refractivity contribution >= 4 is 17.9 Å². The van der Waals surface area contributed by atoms with E-state index in [0.717, 1.165) is 11.5 Å². The number of carbonyl (C=O) groups excluding carboxylic acids is 1. The summed E-state index contributed by atoms with van der Waals surface area (Å²) in [4.78, 5) is 11.6. The van der Waals surface area contributed by atoms with Gasteiger partial charge in [0.2, 0.25) is 0 Å². The summed E-state index contributed by atoms with van der Waals surface area (Å²) in [7, 11) is 0. The van der Waals surface area contributed by atoms with Gasteiger partial charge in [0, 0.05) is 17.5 Å². The molecule has 0 heterocycles. The first-order valence-corrected chi connectivity index (χ1v) is 7.63. The maximum absolute atomic E-state index is 11.6. The summed E-state index contributed by atoms with van der Waals surface area (Å²) in [6.07, 6.45) is -0.347. The molecule has 19 heavy (non-hydrogen) atoms. The quantitative estimate of drug-likeness (QED) is 0.891. The second kappa shape index (κ2) is 7.43. The maximum atomic E-state index is 11.6. The number of hydrogen-bond acceptors (Lipinski definition) is 3. The fraction of sp³-hybridized carbons (Fsp3) is 0.533. The number of alkyl carbamates (subject to hydrolysis) is 1. The lowest BCUT2D eigenvalue weighted by molar-refractivity contribution is 0.0513. The van der Waals surface area contributed by atoms with Gasteiger partial charge in [-0.3, -0.25) is 0 Å². The molecule has 0 aliphatic rings. The highest BCUT2D eigenvalue weighted by Gasteiger charge is 2.17. The fourth-order valence-corrected chi connectivity index (χ4v) is 2.46. The van der Waals surface area contributed by atoms with E-state index in [9.17, 15) is 4.79 Å². The molecule has 1 rings (SSSR count). The van der Waals surface area contributed by atoms with E-state index < -0.39 is 5.60 Å². The molecule has 0 bridgehead atoms. The summed E-state index contributed by atoms with van der Waals surface area (Å²) in [6, 6.07) is 10.4. The number of ether oxygens (including phenoxy) is 1. The maximum Gasteiger partial charge on any atom is 0.407 e. The Morgan fingerprint density at radius 2 is 1.95 bits per heavy atom. The van der Waals surface area contributed by atoms with Gasteiger partial charge in [-0.15, -0.1) is 0 Å². The number of rotatable bonds is 5. The van der Waals surface area contributed by atoms with Crippen molar-refractivity contribution in [2.45, 2.75) is 45.1 Å². The first kappa shape index (κ1) is 15.9. The third kappa shape index (κ3) is 7.78. The molecule has 1 atom stereocenters. The van der Waals surface area contributed by atoms with Crippen LogP contribution >= 0.6 is 11.8 Å². The molecule has 1 N–H and O–H groups in total. The number of thioether (sulfide) groups is 1. The molecule has 106 valence electrons. The highest BCUT2D eigenvalue weighted by Crippen LogP contribution is 2.13. The molecule has 0 aliphatic heterocycles. The molecule has 4 heteroatoms. The average molecular weight is 281 g/mol. The zero-order valence-corrected chi connectivity index (χ0v) is 12.9. The summed E-state index contributed by atoms with van der Waals surface area (Å²) in [5.41, 5.74) is 0.859. The summed E-state index contributed by atoms with van der Waals surface area (Å²) in [5.74, 6) is 1.83. The second-order valence-electron chi connectivity index (χ2n) is 5.55. The first-order valence-electron chi connectivity index (χ1n) is 6.48. The van der Waals surface area contributed by atoms with Gasteiger partial charge in [0.1, 0.15) is 5.60 Å². The number of carbonyl (C=O) groups is 1. The van der Waals surface area contributed by atoms with Crippen LogP contribution in [0.25, 0.3) is 0 Å². The van der Waals surface area contributed by atoms with Crippen LogP contribution < -0.4 is 5.32 Å². The predicted molar refractivity (Wildman–Crippen MR) is 81.4 cm³/mol. The molecule has 1 aromatic rings. The topological polar surface area (TPSA) is 38.3 Å². The monoisotopic (exact) mass is 281 g/mol. The fourth-order valence-electron chi connectivity index (χ4n) is 1.48. The molecule has 0 saturated heterocycles. The molecule has 0 fully saturated rings. The Hall–Kier alpha value is -1.16. The molecule has 0 saturated carbocycles. The van der Waals surface area contributed by atoms with Crippen molar-refractivity contribution in [1.29, 1.82) is 0 Å². The van der Waals surface area contributed by atoms with E-state index in [0.29, 0.717) is 0 Å². The van der Waals surface area contributed by atoms with Crippen molar-refractivity contribution in [3.63, 3.8) is 0 Å². The molecule has 1 aromatic carbocycles. The van der Waals surface area contributed by atoms with Crippen molar-refractivity contribution in [3.05, 3.63) is 35.9 Å². The van der Waals surface area contributed by atoms with Crippen LogP contribution in [0.5, 0.6) is 0 Å². The number of hydrogen-bond donors (Lipinski definition) is 1. The minimum absolute atomic E-state index is 0.101. The van der Waals surface area contributed by atoms with Crippen LogP contribution in [0.2, 0.25) is 0 Å². The van der Waals surface area contributed by atoms with Crippen LogP contribution in [0.15, 0.2) is 30.3 Å². The third-order valence-electron chi connectivity index (χ3n) is 2.24. The molecule has 0 aliphatic carbocycles. The van der Waals surface area contributed by atoms with E-state index in [1.54, 1.807) is 11.8 Å². The largest absolute Gasteiger partial charge is 0.444 e. The SMILES string of the molecule is CC(CSCc1ccccc1)NC(=O)OC(C)(C)C. The summed E-state index contributed by atoms with van der Waals surface area (Å²) in [6.45, 7) is 7.58. The van der Waals surface area contributed by atoms with Crippen LogP contribution in [0, 0.1) is 0 Å². The van der Waals surface area contributed by atoms with Crippen LogP contribution in [0.4, 0.5) is 4.79 Å². The third-order valence-corrected chi connectivity index (χ3v) is 3.52. The van der Waals surface area contributed by atoms with E-state index in [2.05, 4.69) is 17.4 Å². The zero-order valence-electron chi connectivity index (χ0n) is 12.1. The van der Waals surface area contributed by atoms with Gasteiger partial charge in [0.15, 0.2) is 0 Å². The average Bonchev–Trinajstić information content (AvgIpc) is 2.27. The molecule has 0 radical (unpaired) electrons. The molecule has 0 spiro atoms. The summed E-state index contributed by atoms with van der Waals surface area (Å²) >= 11 is 1.80. The minimum Gasteiger partial charge on any atom is -0.444 e. The van der Waals surface area contributed by atoms with Crippen molar-refractivity contribution in [3.8, 4) is 0 Å². The highest BCUT2D eigenvalue weighted by atomic mass is 32.2. The molecule has 0 aromatic heterocycles. The Bertz CT molecular complexity index is 387. The zero-order chi connectivity index (χ0) is 14.3. The lowest BCUT2D eigenvalue weighted by Gasteiger charge is -2.21. The molecular formula is C15H23NO2S. The Kier molecular flexibility index (Phi) is 6.22. The molecule has 1 amide bonds. The van der Waals surface area contributed by atoms with Crippen LogP contribution in [0.1, 0.15) is 33.3 Å². The lowest BCUT2D eigenvalue weighted by Crippen LogP contribution is -2.38. The normalized spacial score (nSPS) is 12.8. The van der Waals surface area contributed by atoms with E-state index in [4.69, 9.17) is 4.74 Å². The Morgan fingerprint density at radius 3 is 2.53 bits per heavy atom. The van der Waals surface area contributed by atoms with Gasteiger partial charge in [-0.2, -0.15) is 11.8 Å². The van der Waals surface area contributed by atoms with Gasteiger partial charge in [-0.05, 0) is 33.3 Å². The van der Waals surface area contributed by atoms with E-state index >= 15 is 0 Å². The van der Waals surface area contributed by atoms with Gasteiger partial charge in [0.25, 0.3) is 0 Å². The van der Waals surface area contributed by atoms with Crippen molar-refractivity contribution < 1.29 is 9.53 Å². The van der Waals surface area contributed by atoms with Gasteiger partial charge in [-0.1, -0.05) is 30.3 Å².